The maximum absolute atomic E-state index is 5.85. The largest absolute Gasteiger partial charge is 1.00 e. The summed E-state index contributed by atoms with van der Waals surface area (Å²) >= 11 is 2.18. The van der Waals surface area contributed by atoms with E-state index in [1.807, 2.05) is 0 Å². The smallest absolute Gasteiger partial charge is 0.729 e. The molecule has 8 heavy (non-hydrogen) atoms. The van der Waals surface area contributed by atoms with E-state index < -0.39 is 0 Å². The van der Waals surface area contributed by atoms with Crippen molar-refractivity contribution in [2.75, 3.05) is 4.43 Å². The van der Waals surface area contributed by atoms with Crippen LogP contribution in [0.5, 0.6) is 0 Å². The Balaban J connectivity index is -0.0000000160. The first-order valence-corrected chi connectivity index (χ1v) is 2.90. The Bertz CT molecular complexity index is 42.2. The van der Waals surface area contributed by atoms with Crippen LogP contribution in [-0.2, 0) is 32.7 Å². The zero-order valence-corrected chi connectivity index (χ0v) is 10.1. The van der Waals surface area contributed by atoms with Gasteiger partial charge in [0.05, 0.1) is 0 Å². The molecular weight excluding hydrogens is 283 g/mol. The predicted octanol–water partition coefficient (Wildman–Crippen LogP) is -1.33. The summed E-state index contributed by atoms with van der Waals surface area (Å²) in [5.41, 5.74) is 0. The van der Waals surface area contributed by atoms with Crippen molar-refractivity contribution in [1.82, 2.24) is 0 Å². The summed E-state index contributed by atoms with van der Waals surface area (Å²) < 4.78 is 0.970. The quantitative estimate of drug-likeness (QED) is 0.170. The average Bonchev–Trinajstić information content (AvgIpc) is 1.39. The molecule has 0 heterocycles. The summed E-state index contributed by atoms with van der Waals surface area (Å²) in [4.78, 5) is 0. The molecule has 0 spiro atoms. The van der Waals surface area contributed by atoms with Crippen LogP contribution in [0.15, 0.2) is 0 Å². The molecule has 0 fully saturated rings. The molecule has 0 rings (SSSR count). The van der Waals surface area contributed by atoms with Crippen LogP contribution < -0.4 is 18.9 Å². The number of hydrogen-bond acceptors (Lipinski definition) is 0. The minimum atomic E-state index is 0. The second-order valence-corrected chi connectivity index (χ2v) is 1.44. The number of rotatable bonds is 0. The van der Waals surface area contributed by atoms with E-state index in [9.17, 15) is 0 Å². The molecule has 0 N–H and O–H groups in total. The van der Waals surface area contributed by atoms with Crippen LogP contribution in [-0.4, -0.2) is 4.43 Å². The summed E-state index contributed by atoms with van der Waals surface area (Å²) in [5, 5.41) is 0. The van der Waals surface area contributed by atoms with Gasteiger partial charge in [-0.2, -0.15) is 0 Å². The summed E-state index contributed by atoms with van der Waals surface area (Å²) in [6.45, 7) is 6.38. The Labute approximate surface area is 103 Å². The van der Waals surface area contributed by atoms with Crippen LogP contribution in [0.25, 0.3) is 0 Å². The van der Waals surface area contributed by atoms with E-state index in [0.29, 0.717) is 0 Å². The van der Waals surface area contributed by atoms with Crippen molar-refractivity contribution in [3.8, 4) is 5.92 Å². The van der Waals surface area contributed by atoms with E-state index in [2.05, 4.69) is 36.4 Å². The van der Waals surface area contributed by atoms with Gasteiger partial charge in [-0.15, -0.1) is 27.0 Å². The van der Waals surface area contributed by atoms with E-state index in [1.165, 1.54) is 0 Å². The fraction of sp³-hybridized carbons (Fsp3) is 0.200. The topological polar surface area (TPSA) is 0 Å². The Kier molecular flexibility index (Phi) is 103. The Hall–Kier alpha value is 1.86. The molecule has 0 aromatic rings. The van der Waals surface area contributed by atoms with Crippen molar-refractivity contribution in [3.63, 3.8) is 0 Å². The van der Waals surface area contributed by atoms with E-state index in [4.69, 9.17) is 6.42 Å². The first kappa shape index (κ1) is 22.5. The third-order valence-corrected chi connectivity index (χ3v) is 0. The summed E-state index contributed by atoms with van der Waals surface area (Å²) in [7, 11) is 0. The summed E-state index contributed by atoms with van der Waals surface area (Å²) in [5.74, 6) is 1.75. The van der Waals surface area contributed by atoms with Crippen molar-refractivity contribution >= 4 is 22.6 Å². The molecule has 0 aromatic carbocycles. The molecule has 0 unspecified atom stereocenters. The van der Waals surface area contributed by atoms with Gasteiger partial charge in [-0.1, -0.05) is 0 Å². The second-order valence-electron chi connectivity index (χ2n) is 0.366. The Morgan fingerprint density at radius 3 is 1.62 bits per heavy atom. The van der Waals surface area contributed by atoms with E-state index in [1.54, 1.807) is 5.92 Å². The molecule has 0 saturated carbocycles. The third-order valence-electron chi connectivity index (χ3n) is 0. The maximum atomic E-state index is 5.85. The van der Waals surface area contributed by atoms with Crippen LogP contribution in [0.2, 0.25) is 0 Å². The van der Waals surface area contributed by atoms with Crippen LogP contribution in [0.3, 0.4) is 0 Å². The summed E-state index contributed by atoms with van der Waals surface area (Å²) in [6, 6.07) is 0. The van der Waals surface area contributed by atoms with Crippen molar-refractivity contribution in [2.45, 2.75) is 0 Å². The predicted molar refractivity (Wildman–Crippen MR) is 36.7 cm³/mol. The van der Waals surface area contributed by atoms with Gasteiger partial charge < -0.3 is 26.2 Å². The van der Waals surface area contributed by atoms with Gasteiger partial charge in [0, 0.05) is 32.7 Å². The van der Waals surface area contributed by atoms with Crippen molar-refractivity contribution in [2.24, 2.45) is 0 Å². The molecule has 1 radical (unpaired) electrons. The van der Waals surface area contributed by atoms with Crippen molar-refractivity contribution < 1.29 is 51.6 Å². The third kappa shape index (κ3) is 107. The van der Waals surface area contributed by atoms with Gasteiger partial charge in [0.25, 0.3) is 0 Å². The molecule has 0 nitrogen and oxygen atoms in total. The molecule has 0 amide bonds. The normalized spacial score (nSPS) is 3.12. The number of hydrogen-bond donors (Lipinski definition) is 0. The minimum absolute atomic E-state index is 0. The zero-order chi connectivity index (χ0) is 5.41. The van der Waals surface area contributed by atoms with E-state index in [0.717, 1.165) is 4.43 Å². The van der Waals surface area contributed by atoms with Gasteiger partial charge in [-0.05, 0) is 0 Å². The first-order valence-electron chi connectivity index (χ1n) is 1.37. The van der Waals surface area contributed by atoms with Crippen LogP contribution in [0, 0.1) is 26.2 Å². The van der Waals surface area contributed by atoms with Gasteiger partial charge in [0.2, 0.25) is 0 Å². The van der Waals surface area contributed by atoms with E-state index >= 15 is 0 Å². The van der Waals surface area contributed by atoms with Gasteiger partial charge in [0.15, 0.2) is 0 Å². The molecule has 0 aliphatic carbocycles. The first-order chi connectivity index (χ1) is 2.83. The average molecular weight is 289 g/mol. The second kappa shape index (κ2) is 36.7. The van der Waals surface area contributed by atoms with Crippen LogP contribution in [0.4, 0.5) is 0 Å². The van der Waals surface area contributed by atoms with Gasteiger partial charge in [-0.3, -0.25) is 0 Å². The molecule has 0 bridgehead atoms. The monoisotopic (exact) mass is 289 g/mol. The maximum Gasteiger partial charge on any atom is 1.00 e. The molecular formula is C5H6ILiY-2. The Morgan fingerprint density at radius 1 is 1.62 bits per heavy atom. The zero-order valence-electron chi connectivity index (χ0n) is 5.08. The fourth-order valence-corrected chi connectivity index (χ4v) is 0. The molecule has 0 aliphatic heterocycles. The van der Waals surface area contributed by atoms with Crippen molar-refractivity contribution in [1.29, 1.82) is 0 Å². The van der Waals surface area contributed by atoms with E-state index in [-0.39, 0.29) is 51.6 Å². The number of halogens is 1. The molecule has 0 atom stereocenters. The van der Waals surface area contributed by atoms with Gasteiger partial charge >= 0.3 is 18.9 Å². The SMILES string of the molecule is [C-]#C[CH2-].[CH2-]CI.[Li+].[Y]. The summed E-state index contributed by atoms with van der Waals surface area (Å²) in [6.07, 6.45) is 5.85. The standard InChI is InChI=1S/C3H2.C2H4I.Li.Y/c1-3-2;1-2-3;;/h1H2;1-2H2;;/q-2;-1;+1;. The Morgan fingerprint density at radius 2 is 1.62 bits per heavy atom. The van der Waals surface area contributed by atoms with Gasteiger partial charge in [-0.25, -0.2) is 0 Å². The molecule has 0 aliphatic rings. The minimum Gasteiger partial charge on any atom is -0.729 e. The fourth-order valence-electron chi connectivity index (χ4n) is 0. The van der Waals surface area contributed by atoms with Crippen LogP contribution >= 0.6 is 22.6 Å². The van der Waals surface area contributed by atoms with Gasteiger partial charge in [0.1, 0.15) is 0 Å². The molecule has 0 saturated heterocycles. The number of alkyl halides is 1. The van der Waals surface area contributed by atoms with Crippen molar-refractivity contribution in [3.05, 3.63) is 20.3 Å². The van der Waals surface area contributed by atoms with Crippen LogP contribution in [0.1, 0.15) is 0 Å². The molecule has 39 valence electrons. The molecule has 0 aromatic heterocycles. The molecule has 3 heteroatoms.